The average Bonchev–Trinajstić information content (AvgIpc) is 3.82. The molecule has 0 aliphatic rings. The van der Waals surface area contributed by atoms with E-state index in [4.69, 9.17) is 4.42 Å². The van der Waals surface area contributed by atoms with E-state index in [1.54, 1.807) is 0 Å². The van der Waals surface area contributed by atoms with E-state index in [9.17, 15) is 0 Å². The van der Waals surface area contributed by atoms with E-state index in [0.717, 1.165) is 89.1 Å². The van der Waals surface area contributed by atoms with Crippen molar-refractivity contribution in [1.29, 1.82) is 0 Å². The molecule has 67 heavy (non-hydrogen) atoms. The first-order chi connectivity index (χ1) is 33.3. The Morgan fingerprint density at radius 3 is 1.34 bits per heavy atom. The van der Waals surface area contributed by atoms with Crippen LogP contribution in [0, 0.1) is 0 Å². The summed E-state index contributed by atoms with van der Waals surface area (Å²) < 4.78 is 7.39. The van der Waals surface area contributed by atoms with Crippen LogP contribution in [0.15, 0.2) is 271 Å². The third-order valence-corrected chi connectivity index (χ3v) is 12.9. The number of rotatable bonds is 10. The molecule has 12 aromatic rings. The summed E-state index contributed by atoms with van der Waals surface area (Å²) in [5.74, 6) is 0. The van der Waals surface area contributed by atoms with Gasteiger partial charge in [-0.25, -0.2) is 0 Å². The summed E-state index contributed by atoms with van der Waals surface area (Å²) in [5.41, 5.74) is 17.1. The summed E-state index contributed by atoms with van der Waals surface area (Å²) in [6.07, 6.45) is 0. The van der Waals surface area contributed by atoms with Gasteiger partial charge in [0.1, 0.15) is 5.58 Å². The second-order valence-corrected chi connectivity index (χ2v) is 16.8. The van der Waals surface area contributed by atoms with Gasteiger partial charge >= 0.3 is 0 Å². The van der Waals surface area contributed by atoms with Crippen molar-refractivity contribution >= 4 is 66.8 Å². The van der Waals surface area contributed by atoms with Gasteiger partial charge < -0.3 is 14.2 Å². The minimum Gasteiger partial charge on any atom is -0.453 e. The van der Waals surface area contributed by atoms with Crippen LogP contribution in [0.3, 0.4) is 0 Å². The van der Waals surface area contributed by atoms with Crippen molar-refractivity contribution in [2.24, 2.45) is 0 Å². The first kappa shape index (κ1) is 39.7. The third kappa shape index (κ3) is 7.29. The Hall–Kier alpha value is -8.92. The van der Waals surface area contributed by atoms with Crippen molar-refractivity contribution < 1.29 is 4.42 Å². The molecule has 0 fully saturated rings. The highest BCUT2D eigenvalue weighted by Crippen LogP contribution is 2.51. The van der Waals surface area contributed by atoms with Crippen molar-refractivity contribution in [3.8, 4) is 44.5 Å². The predicted molar refractivity (Wildman–Crippen MR) is 282 cm³/mol. The number of para-hydroxylation sites is 2. The van der Waals surface area contributed by atoms with Crippen LogP contribution in [-0.2, 0) is 0 Å². The minimum absolute atomic E-state index is 0.799. The van der Waals surface area contributed by atoms with Crippen LogP contribution in [-0.4, -0.2) is 0 Å². The van der Waals surface area contributed by atoms with Gasteiger partial charge in [0, 0.05) is 33.4 Å². The lowest BCUT2D eigenvalue weighted by atomic mass is 9.94. The van der Waals surface area contributed by atoms with E-state index >= 15 is 0 Å². The minimum atomic E-state index is 0.799. The number of benzene rings is 11. The van der Waals surface area contributed by atoms with Crippen LogP contribution in [0.4, 0.5) is 34.1 Å². The molecule has 12 rings (SSSR count). The fraction of sp³-hybridized carbons (Fsp3) is 0. The normalized spacial score (nSPS) is 11.3. The molecule has 0 spiro atoms. The van der Waals surface area contributed by atoms with E-state index in [-0.39, 0.29) is 0 Å². The van der Waals surface area contributed by atoms with Crippen molar-refractivity contribution in [2.75, 3.05) is 9.80 Å². The fourth-order valence-electron chi connectivity index (χ4n) is 9.71. The van der Waals surface area contributed by atoms with Gasteiger partial charge in [-0.3, -0.25) is 0 Å². The first-order valence-electron chi connectivity index (χ1n) is 22.8. The van der Waals surface area contributed by atoms with Crippen LogP contribution in [0.25, 0.3) is 77.2 Å². The molecule has 0 bridgehead atoms. The number of hydrogen-bond donors (Lipinski definition) is 0. The van der Waals surface area contributed by atoms with Gasteiger partial charge in [-0.15, -0.1) is 0 Å². The van der Waals surface area contributed by atoms with Gasteiger partial charge in [-0.1, -0.05) is 206 Å². The lowest BCUT2D eigenvalue weighted by molar-refractivity contribution is 0.673. The molecular weight excluding hydrogens is 813 g/mol. The molecule has 0 unspecified atom stereocenters. The first-order valence-corrected chi connectivity index (χ1v) is 22.8. The zero-order chi connectivity index (χ0) is 44.5. The molecule has 0 aliphatic heterocycles. The molecule has 0 atom stereocenters. The molecular formula is C64H44N2O. The summed E-state index contributed by atoms with van der Waals surface area (Å²) in [6, 6.07) is 95.3. The van der Waals surface area contributed by atoms with Crippen LogP contribution in [0.2, 0.25) is 0 Å². The van der Waals surface area contributed by atoms with Crippen molar-refractivity contribution in [3.05, 3.63) is 267 Å². The van der Waals surface area contributed by atoms with Crippen LogP contribution < -0.4 is 9.80 Å². The number of fused-ring (bicyclic) bond motifs is 5. The maximum absolute atomic E-state index is 7.39. The number of anilines is 6. The summed E-state index contributed by atoms with van der Waals surface area (Å²) >= 11 is 0. The number of hydrogen-bond acceptors (Lipinski definition) is 3. The van der Waals surface area contributed by atoms with Gasteiger partial charge in [0.25, 0.3) is 0 Å². The van der Waals surface area contributed by atoms with Crippen molar-refractivity contribution in [1.82, 2.24) is 0 Å². The van der Waals surface area contributed by atoms with Crippen LogP contribution in [0.1, 0.15) is 0 Å². The van der Waals surface area contributed by atoms with Gasteiger partial charge in [0.2, 0.25) is 0 Å². The van der Waals surface area contributed by atoms with E-state index < -0.39 is 0 Å². The highest BCUT2D eigenvalue weighted by atomic mass is 16.3. The quantitative estimate of drug-likeness (QED) is 0.137. The van der Waals surface area contributed by atoms with E-state index in [1.165, 1.54) is 22.3 Å². The van der Waals surface area contributed by atoms with Crippen molar-refractivity contribution in [3.63, 3.8) is 0 Å². The van der Waals surface area contributed by atoms with Crippen LogP contribution >= 0.6 is 0 Å². The van der Waals surface area contributed by atoms with Gasteiger partial charge in [-0.2, -0.15) is 0 Å². The highest BCUT2D eigenvalue weighted by molar-refractivity contribution is 6.22. The average molecular weight is 857 g/mol. The second kappa shape index (κ2) is 17.2. The number of nitrogens with zero attached hydrogens (tertiary/aromatic N) is 2. The Labute approximate surface area is 390 Å². The smallest absolute Gasteiger partial charge is 0.161 e. The summed E-state index contributed by atoms with van der Waals surface area (Å²) in [5, 5.41) is 4.29. The molecule has 0 saturated carbocycles. The second-order valence-electron chi connectivity index (χ2n) is 16.8. The number of furan rings is 1. The zero-order valence-corrected chi connectivity index (χ0v) is 36.7. The predicted octanol–water partition coefficient (Wildman–Crippen LogP) is 18.3. The molecule has 11 aromatic carbocycles. The Kier molecular flexibility index (Phi) is 10.2. The van der Waals surface area contributed by atoms with E-state index in [2.05, 4.69) is 277 Å². The zero-order valence-electron chi connectivity index (χ0n) is 36.7. The molecule has 316 valence electrons. The Morgan fingerprint density at radius 2 is 0.687 bits per heavy atom. The molecule has 1 heterocycles. The largest absolute Gasteiger partial charge is 0.453 e. The lowest BCUT2D eigenvalue weighted by Crippen LogP contribution is -2.13. The van der Waals surface area contributed by atoms with E-state index in [1.807, 2.05) is 0 Å². The molecule has 3 nitrogen and oxygen atoms in total. The van der Waals surface area contributed by atoms with Gasteiger partial charge in [0.05, 0.1) is 22.4 Å². The van der Waals surface area contributed by atoms with E-state index in [0.29, 0.717) is 0 Å². The molecule has 0 radical (unpaired) electrons. The maximum atomic E-state index is 7.39. The third-order valence-electron chi connectivity index (χ3n) is 12.9. The molecule has 0 aliphatic carbocycles. The Balaban J connectivity index is 1.10. The molecule has 0 saturated heterocycles. The van der Waals surface area contributed by atoms with Crippen molar-refractivity contribution in [2.45, 2.75) is 0 Å². The van der Waals surface area contributed by atoms with Gasteiger partial charge in [0.15, 0.2) is 5.58 Å². The molecule has 0 amide bonds. The maximum Gasteiger partial charge on any atom is 0.161 e. The molecule has 1 aromatic heterocycles. The highest BCUT2D eigenvalue weighted by Gasteiger charge is 2.27. The fourth-order valence-corrected chi connectivity index (χ4v) is 9.71. The monoisotopic (exact) mass is 856 g/mol. The Morgan fingerprint density at radius 1 is 0.239 bits per heavy atom. The SMILES string of the molecule is c1ccc(-c2ccc(N(c3ccccc3-c3ccccc3)c3ccc(N(c4ccccc4)c4ccc(-c5ccccc5-c5ccccc5)cc4)c4c3oc3c5ccccc5ccc34)cc2)cc1. The lowest BCUT2D eigenvalue weighted by Gasteiger charge is -2.30. The molecule has 0 N–H and O–H groups in total. The standard InChI is InChI=1S/C64H44N2O/c1-5-19-45(20-6-1)46-33-38-53(39-34-46)66(59-32-18-17-30-56(59)48-23-9-3-10-24-48)61-44-43-60(62-58-42-37-49-25-13-14-31-57(49)63(58)67-64(61)62)65(51-26-11-4-12-27-51)52-40-35-50(36-41-52)55-29-16-15-28-54(55)47-21-7-2-8-22-47/h1-44H. The van der Waals surface area contributed by atoms with Crippen LogP contribution in [0.5, 0.6) is 0 Å². The van der Waals surface area contributed by atoms with Gasteiger partial charge in [-0.05, 0) is 105 Å². The summed E-state index contributed by atoms with van der Waals surface area (Å²) in [6.45, 7) is 0. The molecule has 3 heteroatoms. The topological polar surface area (TPSA) is 19.6 Å². The Bertz CT molecular complexity index is 3660. The summed E-state index contributed by atoms with van der Waals surface area (Å²) in [7, 11) is 0. The summed E-state index contributed by atoms with van der Waals surface area (Å²) in [4.78, 5) is 4.75.